The molecule has 6 heteroatoms. The van der Waals surface area contributed by atoms with Gasteiger partial charge in [0, 0.05) is 22.3 Å². The fourth-order valence-corrected chi connectivity index (χ4v) is 3.35. The summed E-state index contributed by atoms with van der Waals surface area (Å²) < 4.78 is 0. The molecule has 0 radical (unpaired) electrons. The summed E-state index contributed by atoms with van der Waals surface area (Å²) in [6.45, 7) is 0.474. The zero-order valence-corrected chi connectivity index (χ0v) is 13.8. The third-order valence-electron chi connectivity index (χ3n) is 3.88. The number of carbonyl (C=O) groups is 1. The maximum absolute atomic E-state index is 12.2. The predicted molar refractivity (Wildman–Crippen MR) is 92.0 cm³/mol. The zero-order valence-electron chi connectivity index (χ0n) is 12.3. The molecule has 0 saturated carbocycles. The Morgan fingerprint density at radius 3 is 2.70 bits per heavy atom. The number of halogens is 2. The third kappa shape index (κ3) is 3.35. The second-order valence-corrected chi connectivity index (χ2v) is 6.24. The summed E-state index contributed by atoms with van der Waals surface area (Å²) in [4.78, 5) is 14.1. The maximum atomic E-state index is 12.2. The van der Waals surface area contributed by atoms with Gasteiger partial charge >= 0.3 is 0 Å². The van der Waals surface area contributed by atoms with Crippen molar-refractivity contribution < 1.29 is 9.90 Å². The van der Waals surface area contributed by atoms with Crippen molar-refractivity contribution in [3.63, 3.8) is 0 Å². The van der Waals surface area contributed by atoms with E-state index in [-0.39, 0.29) is 25.1 Å². The van der Waals surface area contributed by atoms with Crippen LogP contribution in [0.4, 0.5) is 5.69 Å². The highest BCUT2D eigenvalue weighted by Gasteiger charge is 2.31. The van der Waals surface area contributed by atoms with Crippen LogP contribution in [0.1, 0.15) is 17.2 Å². The molecule has 120 valence electrons. The minimum Gasteiger partial charge on any atom is -0.395 e. The van der Waals surface area contributed by atoms with E-state index in [9.17, 15) is 9.90 Å². The summed E-state index contributed by atoms with van der Waals surface area (Å²) in [5, 5.41) is 13.5. The standard InChI is InChI=1S/C17H16Cl2N2O2/c18-11-5-6-15-13(9-11)17(12-3-1-2-4-14(12)19)21(7-8-22)10-16(23)20-15/h1-6,9,17,22H,7-8,10H2,(H,20,23). The van der Waals surface area contributed by atoms with Crippen molar-refractivity contribution in [2.75, 3.05) is 25.0 Å². The number of β-amino-alcohol motifs (C(OH)–C–C–N with tert-alkyl or cyclic N) is 1. The number of nitrogens with zero attached hydrogens (tertiary/aromatic N) is 1. The van der Waals surface area contributed by atoms with E-state index in [1.165, 1.54) is 0 Å². The maximum Gasteiger partial charge on any atom is 0.238 e. The molecule has 2 N–H and O–H groups in total. The third-order valence-corrected chi connectivity index (χ3v) is 4.46. The molecule has 4 nitrogen and oxygen atoms in total. The van der Waals surface area contributed by atoms with Gasteiger partial charge in [-0.15, -0.1) is 0 Å². The Bertz CT molecular complexity index is 736. The van der Waals surface area contributed by atoms with E-state index < -0.39 is 0 Å². The molecule has 0 saturated heterocycles. The SMILES string of the molecule is O=C1CN(CCO)C(c2ccccc2Cl)c2cc(Cl)ccc2N1. The van der Waals surface area contributed by atoms with Gasteiger partial charge in [-0.05, 0) is 35.4 Å². The Labute approximate surface area is 144 Å². The fourth-order valence-electron chi connectivity index (χ4n) is 2.93. The lowest BCUT2D eigenvalue weighted by atomic mass is 9.96. The number of carbonyl (C=O) groups excluding carboxylic acids is 1. The number of rotatable bonds is 3. The summed E-state index contributed by atoms with van der Waals surface area (Å²) in [6, 6.07) is 12.6. The van der Waals surface area contributed by atoms with Crippen LogP contribution in [0.15, 0.2) is 42.5 Å². The van der Waals surface area contributed by atoms with Crippen molar-refractivity contribution in [3.05, 3.63) is 63.6 Å². The van der Waals surface area contributed by atoms with Gasteiger partial charge in [0.05, 0.1) is 19.2 Å². The molecule has 0 aliphatic carbocycles. The number of anilines is 1. The van der Waals surface area contributed by atoms with E-state index in [1.54, 1.807) is 12.1 Å². The van der Waals surface area contributed by atoms with Crippen LogP contribution in [0, 0.1) is 0 Å². The smallest absolute Gasteiger partial charge is 0.238 e. The Morgan fingerprint density at radius 2 is 1.96 bits per heavy atom. The Hall–Kier alpha value is -1.59. The van der Waals surface area contributed by atoms with Crippen LogP contribution in [0.25, 0.3) is 0 Å². The van der Waals surface area contributed by atoms with Gasteiger partial charge in [-0.2, -0.15) is 0 Å². The van der Waals surface area contributed by atoms with Crippen LogP contribution in [0.5, 0.6) is 0 Å². The van der Waals surface area contributed by atoms with E-state index in [0.29, 0.717) is 22.3 Å². The van der Waals surface area contributed by atoms with Crippen molar-refractivity contribution in [1.82, 2.24) is 4.90 Å². The number of fused-ring (bicyclic) bond motifs is 1. The van der Waals surface area contributed by atoms with E-state index in [4.69, 9.17) is 23.2 Å². The molecule has 1 unspecified atom stereocenters. The lowest BCUT2D eigenvalue weighted by Gasteiger charge is -2.30. The number of amides is 1. The fraction of sp³-hybridized carbons (Fsp3) is 0.235. The molecule has 1 heterocycles. The summed E-state index contributed by atoms with van der Waals surface area (Å²) in [5.74, 6) is -0.128. The highest BCUT2D eigenvalue weighted by atomic mass is 35.5. The Balaban J connectivity index is 2.20. The van der Waals surface area contributed by atoms with Gasteiger partial charge in [0.15, 0.2) is 0 Å². The molecule has 1 aliphatic heterocycles. The van der Waals surface area contributed by atoms with Crippen LogP contribution in [-0.4, -0.2) is 35.6 Å². The van der Waals surface area contributed by atoms with Crippen molar-refractivity contribution in [2.45, 2.75) is 6.04 Å². The van der Waals surface area contributed by atoms with E-state index in [0.717, 1.165) is 11.1 Å². The van der Waals surface area contributed by atoms with E-state index >= 15 is 0 Å². The summed E-state index contributed by atoms with van der Waals surface area (Å²) >= 11 is 12.6. The number of aliphatic hydroxyl groups is 1. The van der Waals surface area contributed by atoms with Crippen LogP contribution < -0.4 is 5.32 Å². The van der Waals surface area contributed by atoms with Crippen molar-refractivity contribution in [2.24, 2.45) is 0 Å². The van der Waals surface area contributed by atoms with Crippen LogP contribution in [-0.2, 0) is 4.79 Å². The van der Waals surface area contributed by atoms with E-state index in [2.05, 4.69) is 5.32 Å². The summed E-state index contributed by atoms with van der Waals surface area (Å²) in [5.41, 5.74) is 2.46. The van der Waals surface area contributed by atoms with Gasteiger partial charge in [0.2, 0.25) is 5.91 Å². The molecule has 0 fully saturated rings. The largest absolute Gasteiger partial charge is 0.395 e. The highest BCUT2D eigenvalue weighted by molar-refractivity contribution is 6.31. The number of hydrogen-bond donors (Lipinski definition) is 2. The second kappa shape index (κ2) is 6.89. The average Bonchev–Trinajstić information content (AvgIpc) is 2.64. The molecule has 1 aliphatic rings. The molecule has 0 spiro atoms. The van der Waals surface area contributed by atoms with Gasteiger partial charge < -0.3 is 10.4 Å². The molecule has 2 aromatic rings. The lowest BCUT2D eigenvalue weighted by Crippen LogP contribution is -2.36. The van der Waals surface area contributed by atoms with Crippen LogP contribution >= 0.6 is 23.2 Å². The van der Waals surface area contributed by atoms with Crippen molar-refractivity contribution >= 4 is 34.8 Å². The average molecular weight is 351 g/mol. The molecule has 1 atom stereocenters. The molecule has 2 aromatic carbocycles. The number of nitrogens with one attached hydrogen (secondary N) is 1. The summed E-state index contributed by atoms with van der Waals surface area (Å²) in [6.07, 6.45) is 0. The molecule has 0 aromatic heterocycles. The van der Waals surface area contributed by atoms with Gasteiger partial charge in [-0.25, -0.2) is 0 Å². The van der Waals surface area contributed by atoms with Crippen molar-refractivity contribution in [1.29, 1.82) is 0 Å². The Morgan fingerprint density at radius 1 is 1.17 bits per heavy atom. The number of hydrogen-bond acceptors (Lipinski definition) is 3. The monoisotopic (exact) mass is 350 g/mol. The van der Waals surface area contributed by atoms with Gasteiger partial charge in [-0.3, -0.25) is 9.69 Å². The minimum absolute atomic E-state index is 0.0515. The first-order valence-electron chi connectivity index (χ1n) is 7.29. The second-order valence-electron chi connectivity index (χ2n) is 5.40. The van der Waals surface area contributed by atoms with Crippen LogP contribution in [0.3, 0.4) is 0 Å². The molecular formula is C17H16Cl2N2O2. The first-order valence-corrected chi connectivity index (χ1v) is 8.04. The molecule has 0 bridgehead atoms. The first kappa shape index (κ1) is 16.3. The first-order chi connectivity index (χ1) is 11.1. The molecule has 1 amide bonds. The minimum atomic E-state index is -0.261. The molecule has 23 heavy (non-hydrogen) atoms. The van der Waals surface area contributed by atoms with Gasteiger partial charge in [0.1, 0.15) is 0 Å². The number of benzene rings is 2. The normalized spacial score (nSPS) is 18.2. The van der Waals surface area contributed by atoms with Gasteiger partial charge in [-0.1, -0.05) is 41.4 Å². The molecule has 3 rings (SSSR count). The van der Waals surface area contributed by atoms with E-state index in [1.807, 2.05) is 35.2 Å². The summed E-state index contributed by atoms with van der Waals surface area (Å²) in [7, 11) is 0. The zero-order chi connectivity index (χ0) is 16.4. The molecular weight excluding hydrogens is 335 g/mol. The van der Waals surface area contributed by atoms with Gasteiger partial charge in [0.25, 0.3) is 0 Å². The van der Waals surface area contributed by atoms with Crippen molar-refractivity contribution in [3.8, 4) is 0 Å². The van der Waals surface area contributed by atoms with Crippen LogP contribution in [0.2, 0.25) is 10.0 Å². The highest BCUT2D eigenvalue weighted by Crippen LogP contribution is 2.39. The quantitative estimate of drug-likeness (QED) is 0.892. The topological polar surface area (TPSA) is 52.6 Å². The lowest BCUT2D eigenvalue weighted by molar-refractivity contribution is -0.117. The predicted octanol–water partition coefficient (Wildman–Crippen LogP) is 3.33. The Kier molecular flexibility index (Phi) is 4.87. The number of aliphatic hydroxyl groups excluding tert-OH is 1.